The van der Waals surface area contributed by atoms with Crippen LogP contribution in [0.4, 0.5) is 0 Å². The number of ether oxygens (including phenoxy) is 1. The summed E-state index contributed by atoms with van der Waals surface area (Å²) in [6.07, 6.45) is 1.61. The Labute approximate surface area is 119 Å². The van der Waals surface area contributed by atoms with Crippen LogP contribution in [0.25, 0.3) is 11.3 Å². The van der Waals surface area contributed by atoms with E-state index in [1.165, 1.54) is 0 Å². The van der Waals surface area contributed by atoms with Crippen molar-refractivity contribution in [3.63, 3.8) is 0 Å². The summed E-state index contributed by atoms with van der Waals surface area (Å²) in [6.45, 7) is 6.25. The molecule has 0 bridgehead atoms. The lowest BCUT2D eigenvalue weighted by molar-refractivity contribution is 0.407. The maximum Gasteiger partial charge on any atom is 0.122 e. The molecule has 1 heterocycles. The number of benzene rings is 1. The Morgan fingerprint density at radius 3 is 2.55 bits per heavy atom. The third-order valence-corrected chi connectivity index (χ3v) is 3.33. The fourth-order valence-electron chi connectivity index (χ4n) is 2.27. The van der Waals surface area contributed by atoms with E-state index < -0.39 is 0 Å². The molecule has 0 saturated carbocycles. The Hall–Kier alpha value is -2.34. The van der Waals surface area contributed by atoms with Crippen LogP contribution >= 0.6 is 0 Å². The Kier molecular flexibility index (Phi) is 4.05. The van der Waals surface area contributed by atoms with Crippen LogP contribution in [0.3, 0.4) is 0 Å². The number of aryl methyl sites for hydroxylation is 1. The zero-order chi connectivity index (χ0) is 14.7. The van der Waals surface area contributed by atoms with Crippen LogP contribution in [0, 0.1) is 18.3 Å². The lowest BCUT2D eigenvalue weighted by Crippen LogP contribution is -1.96. The average Bonchev–Trinajstić information content (AvgIpc) is 2.46. The van der Waals surface area contributed by atoms with Gasteiger partial charge in [-0.05, 0) is 48.2 Å². The van der Waals surface area contributed by atoms with Crippen molar-refractivity contribution < 1.29 is 4.74 Å². The van der Waals surface area contributed by atoms with Gasteiger partial charge < -0.3 is 4.74 Å². The van der Waals surface area contributed by atoms with Gasteiger partial charge in [-0.15, -0.1) is 0 Å². The van der Waals surface area contributed by atoms with Gasteiger partial charge in [-0.25, -0.2) is 0 Å². The Bertz CT molecular complexity index is 669. The number of rotatable bonds is 3. The van der Waals surface area contributed by atoms with E-state index in [9.17, 15) is 0 Å². The summed E-state index contributed by atoms with van der Waals surface area (Å²) in [7, 11) is 1.69. The largest absolute Gasteiger partial charge is 0.496 e. The SMILES string of the molecule is COc1ccc(-c2ncc(C#N)cc2C)cc1C(C)C. The molecule has 1 aromatic heterocycles. The predicted molar refractivity (Wildman–Crippen MR) is 79.8 cm³/mol. The Morgan fingerprint density at radius 1 is 1.25 bits per heavy atom. The second-order valence-electron chi connectivity index (χ2n) is 5.11. The summed E-state index contributed by atoms with van der Waals surface area (Å²) in [5, 5.41) is 8.90. The van der Waals surface area contributed by atoms with Crippen LogP contribution in [-0.4, -0.2) is 12.1 Å². The normalized spacial score (nSPS) is 10.4. The molecule has 0 aliphatic heterocycles. The van der Waals surface area contributed by atoms with Crippen LogP contribution in [0.1, 0.15) is 36.5 Å². The Morgan fingerprint density at radius 2 is 2.00 bits per heavy atom. The minimum Gasteiger partial charge on any atom is -0.496 e. The molecule has 0 N–H and O–H groups in total. The van der Waals surface area contributed by atoms with Crippen molar-refractivity contribution in [1.29, 1.82) is 5.26 Å². The number of nitriles is 1. The molecular formula is C17H18N2O. The highest BCUT2D eigenvalue weighted by atomic mass is 16.5. The lowest BCUT2D eigenvalue weighted by atomic mass is 9.96. The quantitative estimate of drug-likeness (QED) is 0.841. The van der Waals surface area contributed by atoms with Crippen LogP contribution < -0.4 is 4.74 Å². The molecule has 0 aliphatic carbocycles. The first kappa shape index (κ1) is 14.1. The first-order chi connectivity index (χ1) is 9.56. The molecule has 0 aliphatic rings. The number of methoxy groups -OCH3 is 1. The molecule has 3 nitrogen and oxygen atoms in total. The van der Waals surface area contributed by atoms with Gasteiger partial charge in [0.1, 0.15) is 11.8 Å². The first-order valence-corrected chi connectivity index (χ1v) is 6.62. The zero-order valence-corrected chi connectivity index (χ0v) is 12.3. The topological polar surface area (TPSA) is 45.9 Å². The van der Waals surface area contributed by atoms with Gasteiger partial charge in [0.15, 0.2) is 0 Å². The maximum absolute atomic E-state index is 8.90. The van der Waals surface area contributed by atoms with Crippen LogP contribution in [-0.2, 0) is 0 Å². The monoisotopic (exact) mass is 266 g/mol. The molecular weight excluding hydrogens is 248 g/mol. The zero-order valence-electron chi connectivity index (χ0n) is 12.3. The molecule has 0 radical (unpaired) electrons. The summed E-state index contributed by atoms with van der Waals surface area (Å²) in [5.41, 5.74) is 4.72. The first-order valence-electron chi connectivity index (χ1n) is 6.62. The second-order valence-corrected chi connectivity index (χ2v) is 5.11. The van der Waals surface area contributed by atoms with Gasteiger partial charge in [0.2, 0.25) is 0 Å². The van der Waals surface area contributed by atoms with Crippen molar-refractivity contribution in [3.8, 4) is 23.1 Å². The summed E-state index contributed by atoms with van der Waals surface area (Å²) in [5.74, 6) is 1.28. The highest BCUT2D eigenvalue weighted by Crippen LogP contribution is 2.31. The predicted octanol–water partition coefficient (Wildman–Crippen LogP) is 4.06. The molecule has 20 heavy (non-hydrogen) atoms. The number of hydrogen-bond donors (Lipinski definition) is 0. The van der Waals surface area contributed by atoms with E-state index in [-0.39, 0.29) is 0 Å². The minimum atomic E-state index is 0.378. The fraction of sp³-hybridized carbons (Fsp3) is 0.294. The molecule has 0 unspecified atom stereocenters. The second kappa shape index (κ2) is 5.75. The smallest absolute Gasteiger partial charge is 0.122 e. The van der Waals surface area contributed by atoms with Gasteiger partial charge in [0, 0.05) is 11.8 Å². The number of hydrogen-bond acceptors (Lipinski definition) is 3. The Balaban J connectivity index is 2.54. The number of aromatic nitrogens is 1. The van der Waals surface area contributed by atoms with Gasteiger partial charge in [0.05, 0.1) is 18.4 Å². The summed E-state index contributed by atoms with van der Waals surface area (Å²) < 4.78 is 5.40. The molecule has 1 aromatic carbocycles. The standard InChI is InChI=1S/C17H18N2O/c1-11(2)15-8-14(5-6-16(15)20-4)17-12(3)7-13(9-18)10-19-17/h5-8,10-11H,1-4H3. The summed E-state index contributed by atoms with van der Waals surface area (Å²) in [4.78, 5) is 4.41. The van der Waals surface area contributed by atoms with Crippen molar-refractivity contribution in [2.45, 2.75) is 26.7 Å². The van der Waals surface area contributed by atoms with Crippen molar-refractivity contribution in [2.24, 2.45) is 0 Å². The summed E-state index contributed by atoms with van der Waals surface area (Å²) in [6, 6.07) is 10.1. The van der Waals surface area contributed by atoms with E-state index in [0.717, 1.165) is 28.1 Å². The van der Waals surface area contributed by atoms with E-state index in [2.05, 4.69) is 31.0 Å². The molecule has 0 fully saturated rings. The van der Waals surface area contributed by atoms with Crippen LogP contribution in [0.15, 0.2) is 30.5 Å². The maximum atomic E-state index is 8.90. The van der Waals surface area contributed by atoms with Crippen molar-refractivity contribution in [2.75, 3.05) is 7.11 Å². The molecule has 2 aromatic rings. The van der Waals surface area contributed by atoms with Gasteiger partial charge in [0.25, 0.3) is 0 Å². The van der Waals surface area contributed by atoms with E-state index in [1.807, 2.05) is 25.1 Å². The van der Waals surface area contributed by atoms with Gasteiger partial charge in [-0.3, -0.25) is 4.98 Å². The molecule has 3 heteroatoms. The van der Waals surface area contributed by atoms with E-state index in [1.54, 1.807) is 13.3 Å². The van der Waals surface area contributed by atoms with E-state index in [0.29, 0.717) is 11.5 Å². The van der Waals surface area contributed by atoms with E-state index in [4.69, 9.17) is 10.00 Å². The third-order valence-electron chi connectivity index (χ3n) is 3.33. The lowest BCUT2D eigenvalue weighted by Gasteiger charge is -2.14. The van der Waals surface area contributed by atoms with Gasteiger partial charge in [-0.2, -0.15) is 5.26 Å². The molecule has 0 atom stereocenters. The minimum absolute atomic E-state index is 0.378. The average molecular weight is 266 g/mol. The molecule has 0 amide bonds. The van der Waals surface area contributed by atoms with Crippen LogP contribution in [0.5, 0.6) is 5.75 Å². The third kappa shape index (κ3) is 2.65. The van der Waals surface area contributed by atoms with Crippen LogP contribution in [0.2, 0.25) is 0 Å². The highest BCUT2D eigenvalue weighted by molar-refractivity contribution is 5.66. The van der Waals surface area contributed by atoms with Crippen molar-refractivity contribution >= 4 is 0 Å². The fourth-order valence-corrected chi connectivity index (χ4v) is 2.27. The number of pyridine rings is 1. The molecule has 102 valence electrons. The molecule has 0 saturated heterocycles. The highest BCUT2D eigenvalue weighted by Gasteiger charge is 2.11. The van der Waals surface area contributed by atoms with E-state index >= 15 is 0 Å². The van der Waals surface area contributed by atoms with Gasteiger partial charge >= 0.3 is 0 Å². The van der Waals surface area contributed by atoms with Crippen molar-refractivity contribution in [3.05, 3.63) is 47.2 Å². The van der Waals surface area contributed by atoms with Gasteiger partial charge in [-0.1, -0.05) is 13.8 Å². The number of nitrogens with zero attached hydrogens (tertiary/aromatic N) is 2. The molecule has 2 rings (SSSR count). The van der Waals surface area contributed by atoms with Crippen molar-refractivity contribution in [1.82, 2.24) is 4.98 Å². The summed E-state index contributed by atoms with van der Waals surface area (Å²) >= 11 is 0. The molecule has 0 spiro atoms.